The van der Waals surface area contributed by atoms with Gasteiger partial charge in [-0.25, -0.2) is 4.39 Å². The highest BCUT2D eigenvalue weighted by Crippen LogP contribution is 2.36. The maximum absolute atomic E-state index is 13.3. The van der Waals surface area contributed by atoms with Gasteiger partial charge in [0.15, 0.2) is 0 Å². The summed E-state index contributed by atoms with van der Waals surface area (Å²) < 4.78 is 18.5. The highest BCUT2D eigenvalue weighted by Gasteiger charge is 2.40. The summed E-state index contributed by atoms with van der Waals surface area (Å²) in [6.07, 6.45) is 3.45. The number of hydrogen-bond donors (Lipinski definition) is 1. The van der Waals surface area contributed by atoms with Gasteiger partial charge in [-0.15, -0.1) is 6.58 Å². The fourth-order valence-electron chi connectivity index (χ4n) is 1.35. The lowest BCUT2D eigenvalue weighted by atomic mass is 10.0. The zero-order valence-corrected chi connectivity index (χ0v) is 7.37. The minimum atomic E-state index is -1.15. The molecule has 0 saturated carbocycles. The van der Waals surface area contributed by atoms with Crippen LogP contribution in [0.3, 0.4) is 0 Å². The molecule has 1 rings (SSSR count). The van der Waals surface area contributed by atoms with Crippen LogP contribution in [0.1, 0.15) is 6.42 Å². The van der Waals surface area contributed by atoms with E-state index in [-0.39, 0.29) is 13.0 Å². The van der Waals surface area contributed by atoms with E-state index in [4.69, 9.17) is 4.74 Å². The van der Waals surface area contributed by atoms with Gasteiger partial charge in [-0.2, -0.15) is 0 Å². The Hall–Kier alpha value is -0.930. The van der Waals surface area contributed by atoms with Crippen molar-refractivity contribution in [1.82, 2.24) is 0 Å². The maximum atomic E-state index is 13.3. The van der Waals surface area contributed by atoms with Crippen LogP contribution in [0.25, 0.3) is 0 Å². The second-order valence-corrected chi connectivity index (χ2v) is 2.98. The van der Waals surface area contributed by atoms with Gasteiger partial charge in [0.1, 0.15) is 11.4 Å². The normalized spacial score (nSPS) is 32.8. The molecule has 0 aromatic rings. The van der Waals surface area contributed by atoms with E-state index >= 15 is 0 Å². The summed E-state index contributed by atoms with van der Waals surface area (Å²) in [5, 5.41) is 9.20. The van der Waals surface area contributed by atoms with Gasteiger partial charge in [0.05, 0.1) is 12.7 Å². The highest BCUT2D eigenvalue weighted by molar-refractivity contribution is 5.27. The average Bonchev–Trinajstić information content (AvgIpc) is 2.38. The van der Waals surface area contributed by atoms with Crippen molar-refractivity contribution in [3.05, 3.63) is 37.2 Å². The molecule has 0 heterocycles. The molecule has 1 aliphatic rings. The fraction of sp³-hybridized carbons (Fsp3) is 0.400. The summed E-state index contributed by atoms with van der Waals surface area (Å²) in [6, 6.07) is 0. The Kier molecular flexibility index (Phi) is 3.01. The number of halogens is 1. The van der Waals surface area contributed by atoms with Crippen LogP contribution < -0.4 is 0 Å². The summed E-state index contributed by atoms with van der Waals surface area (Å²) in [4.78, 5) is 0. The zero-order valence-electron chi connectivity index (χ0n) is 7.37. The van der Waals surface area contributed by atoms with Crippen molar-refractivity contribution < 1.29 is 14.2 Å². The van der Waals surface area contributed by atoms with Crippen LogP contribution in [0.4, 0.5) is 4.39 Å². The van der Waals surface area contributed by atoms with Crippen LogP contribution >= 0.6 is 0 Å². The van der Waals surface area contributed by atoms with Crippen LogP contribution in [-0.4, -0.2) is 23.4 Å². The highest BCUT2D eigenvalue weighted by atomic mass is 19.1. The first-order valence-electron chi connectivity index (χ1n) is 4.09. The summed E-state index contributed by atoms with van der Waals surface area (Å²) in [7, 11) is 0. The molecule has 1 N–H and O–H groups in total. The molecule has 0 bridgehead atoms. The molecule has 0 amide bonds. The van der Waals surface area contributed by atoms with Crippen LogP contribution in [0.5, 0.6) is 0 Å². The average molecular weight is 184 g/mol. The Labute approximate surface area is 77.0 Å². The van der Waals surface area contributed by atoms with E-state index in [0.29, 0.717) is 0 Å². The topological polar surface area (TPSA) is 29.5 Å². The molecule has 1 aliphatic carbocycles. The van der Waals surface area contributed by atoms with E-state index in [1.54, 1.807) is 0 Å². The van der Waals surface area contributed by atoms with Gasteiger partial charge in [0.2, 0.25) is 0 Å². The molecule has 2 nitrogen and oxygen atoms in total. The zero-order chi connectivity index (χ0) is 9.90. The van der Waals surface area contributed by atoms with E-state index in [1.807, 2.05) is 0 Å². The SMILES string of the molecule is C=CCO[C@@]1(C=C)C[C@H](O)C=C1F. The van der Waals surface area contributed by atoms with Crippen LogP contribution in [0.2, 0.25) is 0 Å². The number of aliphatic hydroxyl groups excluding tert-OH is 1. The van der Waals surface area contributed by atoms with E-state index in [1.165, 1.54) is 12.2 Å². The molecule has 0 fully saturated rings. The second kappa shape index (κ2) is 3.85. The van der Waals surface area contributed by atoms with Gasteiger partial charge in [-0.3, -0.25) is 0 Å². The van der Waals surface area contributed by atoms with E-state index in [9.17, 15) is 9.50 Å². The second-order valence-electron chi connectivity index (χ2n) is 2.98. The lowest BCUT2D eigenvalue weighted by Crippen LogP contribution is -2.30. The standard InChI is InChI=1S/C10H13FO2/c1-3-5-13-10(4-2)7-8(12)6-9(10)11/h3-4,6,8,12H,1-2,5,7H2/t8-,10+/m1/s1. The van der Waals surface area contributed by atoms with Gasteiger partial charge >= 0.3 is 0 Å². The van der Waals surface area contributed by atoms with Crippen molar-refractivity contribution in [3.8, 4) is 0 Å². The summed E-state index contributed by atoms with van der Waals surface area (Å²) in [5.41, 5.74) is -1.15. The van der Waals surface area contributed by atoms with E-state index in [0.717, 1.165) is 6.08 Å². The molecule has 0 unspecified atom stereocenters. The molecule has 2 atom stereocenters. The first-order chi connectivity index (χ1) is 6.14. The molecule has 0 radical (unpaired) electrons. The lowest BCUT2D eigenvalue weighted by molar-refractivity contribution is 0.00764. The van der Waals surface area contributed by atoms with Gasteiger partial charge in [0, 0.05) is 6.42 Å². The van der Waals surface area contributed by atoms with E-state index in [2.05, 4.69) is 13.2 Å². The van der Waals surface area contributed by atoms with Crippen molar-refractivity contribution in [2.24, 2.45) is 0 Å². The van der Waals surface area contributed by atoms with Crippen LogP contribution in [0.15, 0.2) is 37.2 Å². The molecular formula is C10H13FO2. The lowest BCUT2D eigenvalue weighted by Gasteiger charge is -2.24. The largest absolute Gasteiger partial charge is 0.389 e. The number of aliphatic hydroxyl groups is 1. The van der Waals surface area contributed by atoms with Gasteiger partial charge in [-0.1, -0.05) is 18.7 Å². The Balaban J connectivity index is 2.76. The summed E-state index contributed by atoms with van der Waals surface area (Å²) >= 11 is 0. The quantitative estimate of drug-likeness (QED) is 0.674. The number of rotatable bonds is 4. The number of hydrogen-bond acceptors (Lipinski definition) is 2. The van der Waals surface area contributed by atoms with Crippen molar-refractivity contribution in [3.63, 3.8) is 0 Å². The Morgan fingerprint density at radius 2 is 2.46 bits per heavy atom. The minimum Gasteiger partial charge on any atom is -0.389 e. The smallest absolute Gasteiger partial charge is 0.140 e. The third-order valence-electron chi connectivity index (χ3n) is 2.04. The van der Waals surface area contributed by atoms with Gasteiger partial charge in [0.25, 0.3) is 0 Å². The van der Waals surface area contributed by atoms with Crippen molar-refractivity contribution >= 4 is 0 Å². The van der Waals surface area contributed by atoms with Crippen molar-refractivity contribution in [1.29, 1.82) is 0 Å². The molecule has 0 aliphatic heterocycles. The first-order valence-corrected chi connectivity index (χ1v) is 4.09. The third-order valence-corrected chi connectivity index (χ3v) is 2.04. The Morgan fingerprint density at radius 3 is 2.85 bits per heavy atom. The molecule has 72 valence electrons. The molecule has 0 aromatic carbocycles. The van der Waals surface area contributed by atoms with Crippen molar-refractivity contribution in [2.75, 3.05) is 6.61 Å². The molecular weight excluding hydrogens is 171 g/mol. The molecule has 0 spiro atoms. The van der Waals surface area contributed by atoms with Crippen molar-refractivity contribution in [2.45, 2.75) is 18.1 Å². The number of ether oxygens (including phenoxy) is 1. The Morgan fingerprint density at radius 1 is 1.77 bits per heavy atom. The molecule has 0 saturated heterocycles. The van der Waals surface area contributed by atoms with Crippen LogP contribution in [-0.2, 0) is 4.74 Å². The van der Waals surface area contributed by atoms with Crippen LogP contribution in [0, 0.1) is 0 Å². The third kappa shape index (κ3) is 1.87. The maximum Gasteiger partial charge on any atom is 0.140 e. The van der Waals surface area contributed by atoms with E-state index < -0.39 is 17.5 Å². The minimum absolute atomic E-state index is 0.191. The van der Waals surface area contributed by atoms with Gasteiger partial charge in [-0.05, 0) is 6.08 Å². The summed E-state index contributed by atoms with van der Waals surface area (Å²) in [6.45, 7) is 7.20. The molecule has 13 heavy (non-hydrogen) atoms. The first kappa shape index (κ1) is 10.2. The Bertz CT molecular complexity index is 247. The molecule has 3 heteroatoms. The molecule has 0 aromatic heterocycles. The van der Waals surface area contributed by atoms with Gasteiger partial charge < -0.3 is 9.84 Å². The summed E-state index contributed by atoms with van der Waals surface area (Å²) in [5.74, 6) is -0.475. The predicted molar refractivity (Wildman–Crippen MR) is 48.9 cm³/mol. The predicted octanol–water partition coefficient (Wildman–Crippen LogP) is 1.73. The monoisotopic (exact) mass is 184 g/mol. The fourth-order valence-corrected chi connectivity index (χ4v) is 1.35.